The molecule has 110 valence electrons. The van der Waals surface area contributed by atoms with Crippen molar-refractivity contribution in [1.82, 2.24) is 4.90 Å². The van der Waals surface area contributed by atoms with E-state index in [1.54, 1.807) is 6.92 Å². The molecule has 0 aliphatic carbocycles. The summed E-state index contributed by atoms with van der Waals surface area (Å²) >= 11 is 0. The highest BCUT2D eigenvalue weighted by molar-refractivity contribution is 5.52. The average Bonchev–Trinajstić information content (AvgIpc) is 2.96. The molecule has 20 heavy (non-hydrogen) atoms. The first-order valence-corrected chi connectivity index (χ1v) is 6.72. The quantitative estimate of drug-likeness (QED) is 0.861. The minimum absolute atomic E-state index is 0.163. The Labute approximate surface area is 116 Å². The summed E-state index contributed by atoms with van der Waals surface area (Å²) < 4.78 is 34.9. The molecule has 2 N–H and O–H groups in total. The summed E-state index contributed by atoms with van der Waals surface area (Å²) in [5.74, 6) is 0.163. The van der Waals surface area contributed by atoms with Crippen LogP contribution in [0.15, 0.2) is 12.1 Å². The Kier molecular flexibility index (Phi) is 3.52. The molecule has 2 atom stereocenters. The third kappa shape index (κ3) is 2.58. The molecule has 2 bridgehead atoms. The zero-order valence-corrected chi connectivity index (χ0v) is 11.3. The van der Waals surface area contributed by atoms with Gasteiger partial charge < -0.3 is 15.2 Å². The second-order valence-electron chi connectivity index (χ2n) is 5.46. The Morgan fingerprint density at radius 2 is 2.30 bits per heavy atom. The van der Waals surface area contributed by atoms with Crippen molar-refractivity contribution < 1.29 is 18.3 Å². The summed E-state index contributed by atoms with van der Waals surface area (Å²) in [5.41, 5.74) is 7.90. The van der Waals surface area contributed by atoms with Crippen molar-refractivity contribution in [1.29, 1.82) is 0 Å². The van der Waals surface area contributed by atoms with Crippen molar-refractivity contribution in [3.8, 4) is 5.75 Å². The van der Waals surface area contributed by atoms with Crippen LogP contribution in [-0.4, -0.2) is 36.8 Å². The first-order chi connectivity index (χ1) is 9.52. The molecule has 1 aromatic carbocycles. The van der Waals surface area contributed by atoms with Gasteiger partial charge >= 0.3 is 6.61 Å². The lowest BCUT2D eigenvalue weighted by molar-refractivity contribution is -0.0503. The van der Waals surface area contributed by atoms with Crippen LogP contribution in [0, 0.1) is 6.92 Å². The number of fused-ring (bicyclic) bond motifs is 2. The summed E-state index contributed by atoms with van der Waals surface area (Å²) in [7, 11) is 0. The van der Waals surface area contributed by atoms with Crippen LogP contribution in [0.5, 0.6) is 5.75 Å². The topological polar surface area (TPSA) is 47.7 Å². The minimum Gasteiger partial charge on any atom is -0.434 e. The molecule has 6 heteroatoms. The van der Waals surface area contributed by atoms with Crippen molar-refractivity contribution in [2.75, 3.05) is 18.9 Å². The van der Waals surface area contributed by atoms with Crippen molar-refractivity contribution in [3.63, 3.8) is 0 Å². The van der Waals surface area contributed by atoms with Gasteiger partial charge in [0.05, 0.1) is 12.7 Å². The van der Waals surface area contributed by atoms with Gasteiger partial charge in [-0.05, 0) is 30.5 Å². The summed E-state index contributed by atoms with van der Waals surface area (Å²) in [6.45, 7) is 1.30. The number of hydrogen-bond donors (Lipinski definition) is 1. The van der Waals surface area contributed by atoms with E-state index in [4.69, 9.17) is 10.5 Å². The lowest BCUT2D eigenvalue weighted by Crippen LogP contribution is -2.36. The van der Waals surface area contributed by atoms with Gasteiger partial charge in [0.2, 0.25) is 0 Å². The highest BCUT2D eigenvalue weighted by atomic mass is 19.3. The fraction of sp³-hybridized carbons (Fsp3) is 0.571. The second-order valence-corrected chi connectivity index (χ2v) is 5.46. The number of nitrogens with zero attached hydrogens (tertiary/aromatic N) is 1. The average molecular weight is 284 g/mol. The summed E-state index contributed by atoms with van der Waals surface area (Å²) in [6.07, 6.45) is 1.38. The van der Waals surface area contributed by atoms with E-state index in [9.17, 15) is 8.78 Å². The van der Waals surface area contributed by atoms with Crippen LogP contribution >= 0.6 is 0 Å². The molecule has 0 saturated carbocycles. The zero-order valence-electron chi connectivity index (χ0n) is 11.3. The standard InChI is InChI=1S/C14H18F2N2O2/c1-8-9(2-10(17)3-13(8)20-14(15)16)5-18-6-12-4-11(18)7-19-12/h2-3,11-12,14H,4-7,17H2,1H3. The largest absolute Gasteiger partial charge is 0.434 e. The van der Waals surface area contributed by atoms with E-state index in [1.807, 2.05) is 6.07 Å². The first kappa shape index (κ1) is 13.6. The van der Waals surface area contributed by atoms with Crippen molar-refractivity contribution in [2.24, 2.45) is 0 Å². The van der Waals surface area contributed by atoms with Gasteiger partial charge in [-0.25, -0.2) is 0 Å². The molecule has 4 nitrogen and oxygen atoms in total. The van der Waals surface area contributed by atoms with E-state index in [0.717, 1.165) is 30.7 Å². The van der Waals surface area contributed by atoms with Crippen LogP contribution < -0.4 is 10.5 Å². The summed E-state index contributed by atoms with van der Waals surface area (Å²) in [5, 5.41) is 0. The number of hydrogen-bond acceptors (Lipinski definition) is 4. The molecule has 0 amide bonds. The number of nitrogens with two attached hydrogens (primary N) is 1. The normalized spacial score (nSPS) is 25.6. The molecular weight excluding hydrogens is 266 g/mol. The molecule has 2 aliphatic rings. The van der Waals surface area contributed by atoms with Crippen LogP contribution in [0.4, 0.5) is 14.5 Å². The summed E-state index contributed by atoms with van der Waals surface area (Å²) in [6, 6.07) is 3.71. The van der Waals surface area contributed by atoms with E-state index in [-0.39, 0.29) is 5.75 Å². The van der Waals surface area contributed by atoms with Crippen LogP contribution in [-0.2, 0) is 11.3 Å². The Hall–Kier alpha value is -1.40. The van der Waals surface area contributed by atoms with Crippen LogP contribution in [0.2, 0.25) is 0 Å². The Bertz CT molecular complexity index is 510. The van der Waals surface area contributed by atoms with Gasteiger partial charge in [0, 0.05) is 30.9 Å². The molecule has 3 rings (SSSR count). The highest BCUT2D eigenvalue weighted by Crippen LogP contribution is 2.32. The third-order valence-corrected chi connectivity index (χ3v) is 4.09. The third-order valence-electron chi connectivity index (χ3n) is 4.09. The maximum Gasteiger partial charge on any atom is 0.387 e. The molecule has 0 aromatic heterocycles. The lowest BCUT2D eigenvalue weighted by atomic mass is 10.1. The fourth-order valence-electron chi connectivity index (χ4n) is 3.04. The molecule has 2 aliphatic heterocycles. The number of halogens is 2. The van der Waals surface area contributed by atoms with Crippen molar-refractivity contribution >= 4 is 5.69 Å². The number of likely N-dealkylation sites (tertiary alicyclic amines) is 1. The van der Waals surface area contributed by atoms with E-state index < -0.39 is 6.61 Å². The molecule has 1 aromatic rings. The van der Waals surface area contributed by atoms with Crippen LogP contribution in [0.1, 0.15) is 17.5 Å². The molecular formula is C14H18F2N2O2. The number of alkyl halides is 2. The number of nitrogen functional groups attached to an aromatic ring is 1. The highest BCUT2D eigenvalue weighted by Gasteiger charge is 2.38. The molecule has 0 spiro atoms. The monoisotopic (exact) mass is 284 g/mol. The molecule has 2 saturated heterocycles. The number of morpholine rings is 1. The fourth-order valence-corrected chi connectivity index (χ4v) is 3.04. The lowest BCUT2D eigenvalue weighted by Gasteiger charge is -2.27. The van der Waals surface area contributed by atoms with Gasteiger partial charge in [-0.15, -0.1) is 0 Å². The Morgan fingerprint density at radius 3 is 2.90 bits per heavy atom. The zero-order chi connectivity index (χ0) is 14.3. The SMILES string of the molecule is Cc1c(CN2CC3CC2CO3)cc(N)cc1OC(F)F. The molecule has 2 fully saturated rings. The van der Waals surface area contributed by atoms with Gasteiger partial charge in [0.1, 0.15) is 5.75 Å². The second kappa shape index (κ2) is 5.18. The number of benzene rings is 1. The number of rotatable bonds is 4. The smallest absolute Gasteiger partial charge is 0.387 e. The van der Waals surface area contributed by atoms with Crippen LogP contribution in [0.25, 0.3) is 0 Å². The summed E-state index contributed by atoms with van der Waals surface area (Å²) in [4.78, 5) is 2.32. The minimum atomic E-state index is -2.83. The van der Waals surface area contributed by atoms with Gasteiger partial charge in [-0.2, -0.15) is 8.78 Å². The predicted molar refractivity (Wildman–Crippen MR) is 70.8 cm³/mol. The van der Waals surface area contributed by atoms with Gasteiger partial charge in [0.15, 0.2) is 0 Å². The molecule has 2 heterocycles. The molecule has 2 unspecified atom stereocenters. The van der Waals surface area contributed by atoms with E-state index in [1.165, 1.54) is 6.07 Å². The first-order valence-electron chi connectivity index (χ1n) is 6.72. The van der Waals surface area contributed by atoms with Gasteiger partial charge in [-0.1, -0.05) is 0 Å². The Balaban J connectivity index is 1.80. The maximum absolute atomic E-state index is 12.4. The van der Waals surface area contributed by atoms with E-state index >= 15 is 0 Å². The van der Waals surface area contributed by atoms with E-state index in [0.29, 0.717) is 24.4 Å². The predicted octanol–water partition coefficient (Wildman–Crippen LogP) is 2.15. The molecule has 0 radical (unpaired) electrons. The number of anilines is 1. The van der Waals surface area contributed by atoms with Gasteiger partial charge in [-0.3, -0.25) is 4.90 Å². The van der Waals surface area contributed by atoms with E-state index in [2.05, 4.69) is 9.64 Å². The Morgan fingerprint density at radius 1 is 1.50 bits per heavy atom. The number of ether oxygens (including phenoxy) is 2. The van der Waals surface area contributed by atoms with Gasteiger partial charge in [0.25, 0.3) is 0 Å². The maximum atomic E-state index is 12.4. The van der Waals surface area contributed by atoms with Crippen molar-refractivity contribution in [2.45, 2.75) is 38.6 Å². The van der Waals surface area contributed by atoms with Crippen LogP contribution in [0.3, 0.4) is 0 Å². The van der Waals surface area contributed by atoms with Crippen molar-refractivity contribution in [3.05, 3.63) is 23.3 Å².